The molecular formula is C16H16O3S. The van der Waals surface area contributed by atoms with E-state index in [0.717, 1.165) is 12.0 Å². The Labute approximate surface area is 122 Å². The fourth-order valence-corrected chi connectivity index (χ4v) is 2.44. The molecule has 0 radical (unpaired) electrons. The lowest BCUT2D eigenvalue weighted by Gasteiger charge is -2.10. The van der Waals surface area contributed by atoms with Gasteiger partial charge in [-0.25, -0.2) is 0 Å². The minimum Gasteiger partial charge on any atom is -0.497 e. The molecule has 0 saturated carbocycles. The molecule has 0 amide bonds. The van der Waals surface area contributed by atoms with Gasteiger partial charge in [-0.05, 0) is 24.3 Å². The van der Waals surface area contributed by atoms with Crippen LogP contribution in [-0.2, 0) is 0 Å². The van der Waals surface area contributed by atoms with E-state index in [0.29, 0.717) is 23.7 Å². The first-order valence-corrected chi connectivity index (χ1v) is 7.26. The summed E-state index contributed by atoms with van der Waals surface area (Å²) in [7, 11) is 1.59. The average molecular weight is 288 g/mol. The Hall–Kier alpha value is -1.94. The average Bonchev–Trinajstić information content (AvgIpc) is 2.52. The van der Waals surface area contributed by atoms with Crippen molar-refractivity contribution < 1.29 is 14.3 Å². The van der Waals surface area contributed by atoms with E-state index in [1.54, 1.807) is 37.1 Å². The first kappa shape index (κ1) is 14.5. The van der Waals surface area contributed by atoms with Gasteiger partial charge in [0.25, 0.3) is 0 Å². The summed E-state index contributed by atoms with van der Waals surface area (Å²) in [4.78, 5) is 12.2. The molecule has 0 fully saturated rings. The zero-order valence-electron chi connectivity index (χ0n) is 11.2. The second kappa shape index (κ2) is 7.60. The van der Waals surface area contributed by atoms with E-state index in [1.807, 2.05) is 18.2 Å². The molecule has 0 unspecified atom stereocenters. The van der Waals surface area contributed by atoms with Gasteiger partial charge in [-0.15, -0.1) is 11.8 Å². The highest BCUT2D eigenvalue weighted by Crippen LogP contribution is 2.24. The number of carbonyl (C=O) groups is 1. The topological polar surface area (TPSA) is 35.5 Å². The lowest BCUT2D eigenvalue weighted by Crippen LogP contribution is -2.02. The van der Waals surface area contributed by atoms with Crippen LogP contribution in [0.2, 0.25) is 0 Å². The van der Waals surface area contributed by atoms with Gasteiger partial charge in [0.1, 0.15) is 11.5 Å². The summed E-state index contributed by atoms with van der Waals surface area (Å²) >= 11 is 1.72. The number of methoxy groups -OCH3 is 1. The van der Waals surface area contributed by atoms with Gasteiger partial charge in [-0.2, -0.15) is 0 Å². The van der Waals surface area contributed by atoms with Crippen LogP contribution in [0.3, 0.4) is 0 Å². The highest BCUT2D eigenvalue weighted by Gasteiger charge is 2.05. The molecule has 3 nitrogen and oxygen atoms in total. The van der Waals surface area contributed by atoms with Crippen molar-refractivity contribution in [2.24, 2.45) is 0 Å². The fraction of sp³-hybridized carbons (Fsp3) is 0.188. The smallest absolute Gasteiger partial charge is 0.153 e. The molecule has 0 aliphatic heterocycles. The van der Waals surface area contributed by atoms with Crippen molar-refractivity contribution in [3.8, 4) is 11.5 Å². The molecule has 2 rings (SSSR count). The molecule has 104 valence electrons. The van der Waals surface area contributed by atoms with Crippen LogP contribution < -0.4 is 9.47 Å². The molecule has 20 heavy (non-hydrogen) atoms. The standard InChI is InChI=1S/C16H16O3S/c1-18-14-8-7-13(12-17)16(11-14)19-9-10-20-15-5-3-2-4-6-15/h2-8,11-12H,9-10H2,1H3. The fourth-order valence-electron chi connectivity index (χ4n) is 1.69. The van der Waals surface area contributed by atoms with Gasteiger partial charge in [0.2, 0.25) is 0 Å². The predicted molar refractivity (Wildman–Crippen MR) is 81.0 cm³/mol. The Kier molecular flexibility index (Phi) is 5.50. The van der Waals surface area contributed by atoms with Crippen LogP contribution >= 0.6 is 11.8 Å². The Balaban J connectivity index is 1.88. The van der Waals surface area contributed by atoms with E-state index in [1.165, 1.54) is 4.90 Å². The lowest BCUT2D eigenvalue weighted by molar-refractivity contribution is 0.112. The molecule has 0 atom stereocenters. The Morgan fingerprint density at radius 2 is 1.95 bits per heavy atom. The Morgan fingerprint density at radius 1 is 1.15 bits per heavy atom. The minimum absolute atomic E-state index is 0.535. The summed E-state index contributed by atoms with van der Waals surface area (Å²) in [5, 5.41) is 0. The van der Waals surface area contributed by atoms with Crippen molar-refractivity contribution in [3.05, 3.63) is 54.1 Å². The number of aldehydes is 1. The van der Waals surface area contributed by atoms with Crippen LogP contribution in [0.1, 0.15) is 10.4 Å². The Morgan fingerprint density at radius 3 is 2.65 bits per heavy atom. The largest absolute Gasteiger partial charge is 0.497 e. The molecule has 4 heteroatoms. The highest BCUT2D eigenvalue weighted by atomic mass is 32.2. The van der Waals surface area contributed by atoms with Crippen molar-refractivity contribution in [1.82, 2.24) is 0 Å². The second-order valence-corrected chi connectivity index (χ2v) is 5.20. The molecule has 0 spiro atoms. The number of hydrogen-bond donors (Lipinski definition) is 0. The molecule has 0 aliphatic rings. The lowest BCUT2D eigenvalue weighted by atomic mass is 10.2. The summed E-state index contributed by atoms with van der Waals surface area (Å²) in [6.07, 6.45) is 0.791. The molecule has 0 aromatic heterocycles. The highest BCUT2D eigenvalue weighted by molar-refractivity contribution is 7.99. The molecule has 0 saturated heterocycles. The predicted octanol–water partition coefficient (Wildman–Crippen LogP) is 3.68. The van der Waals surface area contributed by atoms with Gasteiger partial charge < -0.3 is 9.47 Å². The van der Waals surface area contributed by atoms with E-state index < -0.39 is 0 Å². The van der Waals surface area contributed by atoms with E-state index in [4.69, 9.17) is 9.47 Å². The number of ether oxygens (including phenoxy) is 2. The molecule has 0 N–H and O–H groups in total. The first-order chi connectivity index (χ1) is 9.83. The maximum atomic E-state index is 11.0. The van der Waals surface area contributed by atoms with Crippen LogP contribution in [0.5, 0.6) is 11.5 Å². The van der Waals surface area contributed by atoms with Crippen molar-refractivity contribution >= 4 is 18.0 Å². The van der Waals surface area contributed by atoms with E-state index in [-0.39, 0.29) is 0 Å². The zero-order valence-corrected chi connectivity index (χ0v) is 12.1. The summed E-state index contributed by atoms with van der Waals surface area (Å²) < 4.78 is 10.8. The second-order valence-electron chi connectivity index (χ2n) is 4.03. The van der Waals surface area contributed by atoms with Gasteiger partial charge in [0, 0.05) is 16.7 Å². The molecule has 2 aromatic carbocycles. The van der Waals surface area contributed by atoms with Crippen LogP contribution in [0.15, 0.2) is 53.4 Å². The van der Waals surface area contributed by atoms with Crippen molar-refractivity contribution in [1.29, 1.82) is 0 Å². The third-order valence-corrected chi connectivity index (χ3v) is 3.68. The zero-order chi connectivity index (χ0) is 14.2. The summed E-state index contributed by atoms with van der Waals surface area (Å²) in [5.41, 5.74) is 0.538. The number of thioether (sulfide) groups is 1. The first-order valence-electron chi connectivity index (χ1n) is 6.27. The Bertz CT molecular complexity index is 555. The van der Waals surface area contributed by atoms with Crippen molar-refractivity contribution in [2.75, 3.05) is 19.5 Å². The number of carbonyl (C=O) groups excluding carboxylic acids is 1. The summed E-state index contributed by atoms with van der Waals surface area (Å²) in [5.74, 6) is 2.06. The van der Waals surface area contributed by atoms with Gasteiger partial charge in [-0.1, -0.05) is 18.2 Å². The van der Waals surface area contributed by atoms with Gasteiger partial charge in [0.15, 0.2) is 6.29 Å². The minimum atomic E-state index is 0.535. The molecule has 0 bridgehead atoms. The summed E-state index contributed by atoms with van der Waals surface area (Å²) in [6.45, 7) is 0.535. The van der Waals surface area contributed by atoms with E-state index >= 15 is 0 Å². The molecular weight excluding hydrogens is 272 g/mol. The van der Waals surface area contributed by atoms with Crippen LogP contribution in [0, 0.1) is 0 Å². The van der Waals surface area contributed by atoms with Gasteiger partial charge >= 0.3 is 0 Å². The van der Waals surface area contributed by atoms with Crippen LogP contribution in [0.4, 0.5) is 0 Å². The number of benzene rings is 2. The maximum Gasteiger partial charge on any atom is 0.153 e. The molecule has 2 aromatic rings. The van der Waals surface area contributed by atoms with Crippen molar-refractivity contribution in [3.63, 3.8) is 0 Å². The van der Waals surface area contributed by atoms with E-state index in [9.17, 15) is 4.79 Å². The van der Waals surface area contributed by atoms with E-state index in [2.05, 4.69) is 12.1 Å². The number of hydrogen-bond acceptors (Lipinski definition) is 4. The molecule has 0 aliphatic carbocycles. The van der Waals surface area contributed by atoms with Crippen LogP contribution in [0.25, 0.3) is 0 Å². The normalized spacial score (nSPS) is 10.1. The quantitative estimate of drug-likeness (QED) is 0.442. The van der Waals surface area contributed by atoms with Gasteiger partial charge in [0.05, 0.1) is 19.3 Å². The van der Waals surface area contributed by atoms with Gasteiger partial charge in [-0.3, -0.25) is 4.79 Å². The molecule has 0 heterocycles. The van der Waals surface area contributed by atoms with Crippen molar-refractivity contribution in [2.45, 2.75) is 4.90 Å². The third kappa shape index (κ3) is 4.03. The van der Waals surface area contributed by atoms with Crippen LogP contribution in [-0.4, -0.2) is 25.8 Å². The monoisotopic (exact) mass is 288 g/mol. The SMILES string of the molecule is COc1ccc(C=O)c(OCCSc2ccccc2)c1. The third-order valence-electron chi connectivity index (χ3n) is 2.70. The maximum absolute atomic E-state index is 11.0. The number of rotatable bonds is 7. The summed E-state index contributed by atoms with van der Waals surface area (Å²) in [6, 6.07) is 15.3.